The van der Waals surface area contributed by atoms with Gasteiger partial charge in [-0.15, -0.1) is 0 Å². The Balaban J connectivity index is 2.08. The molecule has 0 unspecified atom stereocenters. The number of rotatable bonds is 3. The summed E-state index contributed by atoms with van der Waals surface area (Å²) in [7, 11) is 1.51. The molecule has 8 nitrogen and oxygen atoms in total. The lowest BCUT2D eigenvalue weighted by atomic mass is 9.97. The second-order valence-corrected chi connectivity index (χ2v) is 6.50. The molecule has 8 heteroatoms. The minimum atomic E-state index is -0.528. The molecule has 126 valence electrons. The van der Waals surface area contributed by atoms with Gasteiger partial charge in [-0.25, -0.2) is 4.79 Å². The molecule has 0 aliphatic rings. The molecular weight excluding hydrogens is 312 g/mol. The van der Waals surface area contributed by atoms with E-state index in [-0.39, 0.29) is 17.8 Å². The molecule has 0 aliphatic carbocycles. The van der Waals surface area contributed by atoms with Crippen LogP contribution in [0.3, 0.4) is 0 Å². The second kappa shape index (κ2) is 5.63. The zero-order valence-electron chi connectivity index (χ0n) is 13.9. The van der Waals surface area contributed by atoms with Crippen molar-refractivity contribution in [2.24, 2.45) is 0 Å². The Morgan fingerprint density at radius 1 is 1.29 bits per heavy atom. The largest absolute Gasteiger partial charge is 0.497 e. The van der Waals surface area contributed by atoms with Crippen molar-refractivity contribution in [2.75, 3.05) is 7.11 Å². The molecule has 0 radical (unpaired) electrons. The Hall–Kier alpha value is -2.90. The molecule has 0 bridgehead atoms. The minimum Gasteiger partial charge on any atom is -0.497 e. The third kappa shape index (κ3) is 2.82. The molecule has 0 aliphatic heterocycles. The molecule has 3 rings (SSSR count). The molecule has 0 atom stereocenters. The van der Waals surface area contributed by atoms with E-state index in [9.17, 15) is 9.59 Å². The number of aromatic amines is 1. The number of aromatic nitrogens is 4. The highest BCUT2D eigenvalue weighted by molar-refractivity contribution is 5.78. The molecule has 0 fully saturated rings. The summed E-state index contributed by atoms with van der Waals surface area (Å²) in [5, 5.41) is 4.21. The van der Waals surface area contributed by atoms with Gasteiger partial charge in [-0.2, -0.15) is 4.98 Å². The predicted molar refractivity (Wildman–Crippen MR) is 87.5 cm³/mol. The first-order chi connectivity index (χ1) is 11.3. The smallest absolute Gasteiger partial charge is 0.329 e. The summed E-state index contributed by atoms with van der Waals surface area (Å²) >= 11 is 0. The Morgan fingerprint density at radius 3 is 2.67 bits per heavy atom. The number of fused-ring (bicyclic) bond motifs is 1. The fraction of sp³-hybridized carbons (Fsp3) is 0.375. The van der Waals surface area contributed by atoms with Crippen LogP contribution in [0.2, 0.25) is 0 Å². The van der Waals surface area contributed by atoms with Crippen LogP contribution < -0.4 is 16.0 Å². The Kier molecular flexibility index (Phi) is 3.75. The summed E-state index contributed by atoms with van der Waals surface area (Å²) < 4.78 is 11.4. The average molecular weight is 330 g/mol. The van der Waals surface area contributed by atoms with Crippen LogP contribution in [-0.2, 0) is 12.0 Å². The van der Waals surface area contributed by atoms with E-state index in [1.165, 1.54) is 7.11 Å². The van der Waals surface area contributed by atoms with E-state index >= 15 is 0 Å². The number of ether oxygens (including phenoxy) is 1. The van der Waals surface area contributed by atoms with Crippen molar-refractivity contribution in [3.63, 3.8) is 0 Å². The number of nitrogens with zero attached hydrogens (tertiary/aromatic N) is 3. The van der Waals surface area contributed by atoms with Crippen LogP contribution in [0.15, 0.2) is 32.3 Å². The molecule has 24 heavy (non-hydrogen) atoms. The quantitative estimate of drug-likeness (QED) is 0.779. The molecule has 0 spiro atoms. The van der Waals surface area contributed by atoms with Gasteiger partial charge >= 0.3 is 5.69 Å². The third-order valence-corrected chi connectivity index (χ3v) is 3.60. The van der Waals surface area contributed by atoms with Crippen LogP contribution >= 0.6 is 0 Å². The fourth-order valence-corrected chi connectivity index (χ4v) is 2.26. The van der Waals surface area contributed by atoms with E-state index in [0.717, 1.165) is 4.57 Å². The van der Waals surface area contributed by atoms with Gasteiger partial charge in [0.1, 0.15) is 5.75 Å². The monoisotopic (exact) mass is 330 g/mol. The summed E-state index contributed by atoms with van der Waals surface area (Å²) in [4.78, 5) is 31.8. The Labute approximate surface area is 137 Å². The summed E-state index contributed by atoms with van der Waals surface area (Å²) in [6.07, 6.45) is 0. The first-order valence-electron chi connectivity index (χ1n) is 7.43. The van der Waals surface area contributed by atoms with Crippen molar-refractivity contribution < 1.29 is 9.26 Å². The standard InChI is InChI=1S/C16H18N4O4/c1-16(2,3)14-18-12(19-24-14)8-20-13(21)10-7-9(23-4)5-6-11(10)17-15(20)22/h5-7H,8H2,1-4H3,(H,17,22). The summed E-state index contributed by atoms with van der Waals surface area (Å²) in [6, 6.07) is 4.89. The van der Waals surface area contributed by atoms with Gasteiger partial charge in [0.15, 0.2) is 5.82 Å². The van der Waals surface area contributed by atoms with E-state index in [1.54, 1.807) is 18.2 Å². The maximum Gasteiger partial charge on any atom is 0.329 e. The van der Waals surface area contributed by atoms with E-state index in [1.807, 2.05) is 20.8 Å². The number of benzene rings is 1. The first kappa shape index (κ1) is 16.0. The van der Waals surface area contributed by atoms with Crippen LogP contribution in [0.25, 0.3) is 10.9 Å². The lowest BCUT2D eigenvalue weighted by molar-refractivity contribution is 0.317. The van der Waals surface area contributed by atoms with E-state index in [4.69, 9.17) is 9.26 Å². The third-order valence-electron chi connectivity index (χ3n) is 3.60. The number of H-pyrrole nitrogens is 1. The lowest BCUT2D eigenvalue weighted by Crippen LogP contribution is -2.35. The molecule has 2 heterocycles. The van der Waals surface area contributed by atoms with Crippen molar-refractivity contribution in [2.45, 2.75) is 32.7 Å². The van der Waals surface area contributed by atoms with Crippen molar-refractivity contribution >= 4 is 10.9 Å². The Bertz CT molecular complexity index is 1010. The molecule has 0 amide bonds. The van der Waals surface area contributed by atoms with Crippen LogP contribution in [-0.4, -0.2) is 26.8 Å². The van der Waals surface area contributed by atoms with Crippen molar-refractivity contribution in [3.05, 3.63) is 50.8 Å². The molecule has 2 aromatic heterocycles. The number of hydrogen-bond donors (Lipinski definition) is 1. The maximum absolute atomic E-state index is 12.6. The zero-order chi connectivity index (χ0) is 17.5. The van der Waals surface area contributed by atoms with Crippen molar-refractivity contribution in [3.8, 4) is 5.75 Å². The highest BCUT2D eigenvalue weighted by Gasteiger charge is 2.22. The SMILES string of the molecule is COc1ccc2[nH]c(=O)n(Cc3noc(C(C)(C)C)n3)c(=O)c2c1. The molecule has 0 saturated carbocycles. The lowest BCUT2D eigenvalue weighted by Gasteiger charge is -2.10. The molecule has 1 aromatic carbocycles. The molecule has 3 aromatic rings. The van der Waals surface area contributed by atoms with Crippen LogP contribution in [0.5, 0.6) is 5.75 Å². The highest BCUT2D eigenvalue weighted by atomic mass is 16.5. The summed E-state index contributed by atoms with van der Waals surface area (Å²) in [5.74, 6) is 1.26. The van der Waals surface area contributed by atoms with Gasteiger partial charge in [0.05, 0.1) is 24.6 Å². The number of hydrogen-bond acceptors (Lipinski definition) is 6. The van der Waals surface area contributed by atoms with Crippen LogP contribution in [0.1, 0.15) is 32.5 Å². The molecular formula is C16H18N4O4. The van der Waals surface area contributed by atoms with Gasteiger partial charge in [0, 0.05) is 5.41 Å². The first-order valence-corrected chi connectivity index (χ1v) is 7.43. The second-order valence-electron chi connectivity index (χ2n) is 6.50. The van der Waals surface area contributed by atoms with E-state index in [0.29, 0.717) is 22.5 Å². The fourth-order valence-electron chi connectivity index (χ4n) is 2.26. The Morgan fingerprint density at radius 2 is 2.04 bits per heavy atom. The van der Waals surface area contributed by atoms with Gasteiger partial charge < -0.3 is 14.2 Å². The molecule has 1 N–H and O–H groups in total. The van der Waals surface area contributed by atoms with Gasteiger partial charge in [-0.05, 0) is 18.2 Å². The van der Waals surface area contributed by atoms with Crippen molar-refractivity contribution in [1.29, 1.82) is 0 Å². The van der Waals surface area contributed by atoms with Gasteiger partial charge in [-0.1, -0.05) is 25.9 Å². The average Bonchev–Trinajstić information content (AvgIpc) is 3.00. The highest BCUT2D eigenvalue weighted by Crippen LogP contribution is 2.20. The molecule has 0 saturated heterocycles. The van der Waals surface area contributed by atoms with Crippen LogP contribution in [0.4, 0.5) is 0 Å². The van der Waals surface area contributed by atoms with E-state index in [2.05, 4.69) is 15.1 Å². The minimum absolute atomic E-state index is 0.0686. The summed E-state index contributed by atoms with van der Waals surface area (Å²) in [6.45, 7) is 5.74. The van der Waals surface area contributed by atoms with Gasteiger partial charge in [0.2, 0.25) is 5.89 Å². The van der Waals surface area contributed by atoms with Gasteiger partial charge in [-0.3, -0.25) is 9.36 Å². The number of nitrogens with one attached hydrogen (secondary N) is 1. The topological polar surface area (TPSA) is 103 Å². The van der Waals surface area contributed by atoms with Crippen LogP contribution in [0, 0.1) is 0 Å². The summed E-state index contributed by atoms with van der Waals surface area (Å²) in [5.41, 5.74) is -0.820. The zero-order valence-corrected chi connectivity index (χ0v) is 13.9. The number of methoxy groups -OCH3 is 1. The predicted octanol–water partition coefficient (Wildman–Crippen LogP) is 1.43. The van der Waals surface area contributed by atoms with Gasteiger partial charge in [0.25, 0.3) is 5.56 Å². The van der Waals surface area contributed by atoms with Crippen molar-refractivity contribution in [1.82, 2.24) is 19.7 Å². The van der Waals surface area contributed by atoms with E-state index < -0.39 is 11.2 Å². The maximum atomic E-state index is 12.6. The normalized spacial score (nSPS) is 11.8.